The largest absolute Gasteiger partial charge is 0.378 e. The minimum Gasteiger partial charge on any atom is -0.378 e. The Kier molecular flexibility index (Phi) is 6.87. The second kappa shape index (κ2) is 9.96. The van der Waals surface area contributed by atoms with Gasteiger partial charge >= 0.3 is 0 Å². The van der Waals surface area contributed by atoms with Gasteiger partial charge in [-0.2, -0.15) is 0 Å². The van der Waals surface area contributed by atoms with Gasteiger partial charge in [-0.25, -0.2) is 0 Å². The molecule has 2 aromatic rings. The zero-order valence-corrected chi connectivity index (χ0v) is 18.2. The van der Waals surface area contributed by atoms with Gasteiger partial charge in [0.1, 0.15) is 0 Å². The van der Waals surface area contributed by atoms with Crippen LogP contribution in [-0.4, -0.2) is 62.1 Å². The Morgan fingerprint density at radius 1 is 0.968 bits per heavy atom. The molecule has 4 rings (SSSR count). The monoisotopic (exact) mass is 421 g/mol. The van der Waals surface area contributed by atoms with Crippen molar-refractivity contribution in [3.63, 3.8) is 0 Å². The smallest absolute Gasteiger partial charge is 0.256 e. The molecule has 2 heterocycles. The van der Waals surface area contributed by atoms with Crippen molar-refractivity contribution in [1.29, 1.82) is 0 Å². The van der Waals surface area contributed by atoms with Crippen LogP contribution in [0.15, 0.2) is 48.5 Å². The van der Waals surface area contributed by atoms with E-state index in [1.807, 2.05) is 53.4 Å². The number of carbonyl (C=O) groups excluding carboxylic acids is 2. The summed E-state index contributed by atoms with van der Waals surface area (Å²) in [7, 11) is 0. The van der Waals surface area contributed by atoms with Crippen LogP contribution in [0.4, 0.5) is 5.69 Å². The number of morpholine rings is 1. The van der Waals surface area contributed by atoms with Gasteiger partial charge in [0, 0.05) is 43.5 Å². The number of piperidine rings is 1. The van der Waals surface area contributed by atoms with E-state index < -0.39 is 0 Å². The summed E-state index contributed by atoms with van der Waals surface area (Å²) in [5, 5.41) is 3.18. The maximum Gasteiger partial charge on any atom is 0.256 e. The van der Waals surface area contributed by atoms with E-state index >= 15 is 0 Å². The highest BCUT2D eigenvalue weighted by Gasteiger charge is 2.26. The van der Waals surface area contributed by atoms with E-state index in [0.717, 1.165) is 43.6 Å². The molecule has 2 aromatic carbocycles. The molecule has 0 bridgehead atoms. The molecule has 2 aliphatic heterocycles. The third-order valence-electron chi connectivity index (χ3n) is 6.23. The number of hydrogen-bond acceptors (Lipinski definition) is 4. The first-order chi connectivity index (χ1) is 15.2. The Balaban J connectivity index is 1.36. The number of benzene rings is 2. The molecular formula is C25H31N3O3. The van der Waals surface area contributed by atoms with Gasteiger partial charge in [0.15, 0.2) is 0 Å². The van der Waals surface area contributed by atoms with Gasteiger partial charge in [0.05, 0.1) is 18.8 Å². The van der Waals surface area contributed by atoms with Gasteiger partial charge in [-0.05, 0) is 49.1 Å². The lowest BCUT2D eigenvalue weighted by atomic mass is 10.0. The van der Waals surface area contributed by atoms with E-state index in [1.165, 1.54) is 5.56 Å². The lowest BCUT2D eigenvalue weighted by Crippen LogP contribution is -2.45. The van der Waals surface area contributed by atoms with E-state index in [-0.39, 0.29) is 17.9 Å². The van der Waals surface area contributed by atoms with Crippen LogP contribution in [0, 0.1) is 0 Å². The van der Waals surface area contributed by atoms with E-state index in [1.54, 1.807) is 0 Å². The molecule has 0 unspecified atom stereocenters. The summed E-state index contributed by atoms with van der Waals surface area (Å²) in [6.07, 6.45) is 2.69. The van der Waals surface area contributed by atoms with Crippen molar-refractivity contribution in [3.8, 4) is 0 Å². The summed E-state index contributed by atoms with van der Waals surface area (Å²) in [6.45, 7) is 6.21. The molecule has 0 aromatic heterocycles. The number of carbonyl (C=O) groups is 2. The first-order valence-corrected chi connectivity index (χ1v) is 11.3. The average molecular weight is 422 g/mol. The molecule has 1 N–H and O–H groups in total. The van der Waals surface area contributed by atoms with Gasteiger partial charge in [0.25, 0.3) is 11.8 Å². The highest BCUT2D eigenvalue weighted by Crippen LogP contribution is 2.26. The summed E-state index contributed by atoms with van der Waals surface area (Å²) in [5.74, 6) is 0.0638. The molecule has 164 valence electrons. The summed E-state index contributed by atoms with van der Waals surface area (Å²) in [4.78, 5) is 29.8. The molecule has 2 aliphatic rings. The van der Waals surface area contributed by atoms with Gasteiger partial charge in [-0.1, -0.05) is 31.2 Å². The first-order valence-electron chi connectivity index (χ1n) is 11.3. The van der Waals surface area contributed by atoms with Crippen molar-refractivity contribution in [3.05, 3.63) is 65.2 Å². The quantitative estimate of drug-likeness (QED) is 0.806. The molecule has 6 heteroatoms. The summed E-state index contributed by atoms with van der Waals surface area (Å²) in [6, 6.07) is 15.8. The minimum absolute atomic E-state index is 0.0102. The summed E-state index contributed by atoms with van der Waals surface area (Å²) in [5.41, 5.74) is 3.68. The van der Waals surface area contributed by atoms with Gasteiger partial charge in [-0.15, -0.1) is 0 Å². The Bertz CT molecular complexity index is 898. The van der Waals surface area contributed by atoms with Crippen LogP contribution < -0.4 is 10.2 Å². The van der Waals surface area contributed by atoms with Crippen LogP contribution >= 0.6 is 0 Å². The molecule has 0 atom stereocenters. The molecule has 0 aliphatic carbocycles. The Labute approximate surface area is 184 Å². The fraction of sp³-hybridized carbons (Fsp3) is 0.440. The Morgan fingerprint density at radius 3 is 2.32 bits per heavy atom. The van der Waals surface area contributed by atoms with Crippen molar-refractivity contribution in [1.82, 2.24) is 10.2 Å². The third kappa shape index (κ3) is 5.07. The number of anilines is 1. The number of ether oxygens (including phenoxy) is 1. The van der Waals surface area contributed by atoms with E-state index in [0.29, 0.717) is 31.9 Å². The molecule has 31 heavy (non-hydrogen) atoms. The highest BCUT2D eigenvalue weighted by molar-refractivity contribution is 6.00. The van der Waals surface area contributed by atoms with E-state index in [4.69, 9.17) is 4.74 Å². The Morgan fingerprint density at radius 2 is 1.65 bits per heavy atom. The summed E-state index contributed by atoms with van der Waals surface area (Å²) >= 11 is 0. The lowest BCUT2D eigenvalue weighted by Gasteiger charge is -2.35. The van der Waals surface area contributed by atoms with Crippen molar-refractivity contribution >= 4 is 17.5 Å². The molecule has 0 saturated carbocycles. The van der Waals surface area contributed by atoms with Crippen molar-refractivity contribution in [2.75, 3.05) is 44.3 Å². The molecule has 6 nitrogen and oxygen atoms in total. The fourth-order valence-corrected chi connectivity index (χ4v) is 4.29. The van der Waals surface area contributed by atoms with Crippen LogP contribution in [0.3, 0.4) is 0 Å². The second-order valence-electron chi connectivity index (χ2n) is 8.21. The molecule has 2 amide bonds. The van der Waals surface area contributed by atoms with Crippen LogP contribution in [0.2, 0.25) is 0 Å². The average Bonchev–Trinajstić information content (AvgIpc) is 2.84. The maximum absolute atomic E-state index is 13.1. The van der Waals surface area contributed by atoms with Crippen LogP contribution in [0.25, 0.3) is 0 Å². The molecule has 2 fully saturated rings. The Hall–Kier alpha value is -2.86. The van der Waals surface area contributed by atoms with Gasteiger partial charge < -0.3 is 19.9 Å². The number of para-hydroxylation sites is 1. The van der Waals surface area contributed by atoms with E-state index in [2.05, 4.69) is 17.1 Å². The van der Waals surface area contributed by atoms with Crippen molar-refractivity contribution < 1.29 is 14.3 Å². The predicted octanol–water partition coefficient (Wildman–Crippen LogP) is 3.12. The normalized spacial score (nSPS) is 17.5. The number of aryl methyl sites for hydroxylation is 1. The van der Waals surface area contributed by atoms with Gasteiger partial charge in [-0.3, -0.25) is 9.59 Å². The highest BCUT2D eigenvalue weighted by atomic mass is 16.5. The SMILES string of the molecule is CCc1ccc(C(=O)NC2CCN(c3ccccc3C(=O)N3CCOCC3)CC2)cc1. The topological polar surface area (TPSA) is 61.9 Å². The zero-order chi connectivity index (χ0) is 21.6. The van der Waals surface area contributed by atoms with E-state index in [9.17, 15) is 9.59 Å². The molecule has 2 saturated heterocycles. The number of hydrogen-bond donors (Lipinski definition) is 1. The first kappa shape index (κ1) is 21.4. The summed E-state index contributed by atoms with van der Waals surface area (Å²) < 4.78 is 5.38. The van der Waals surface area contributed by atoms with Crippen molar-refractivity contribution in [2.24, 2.45) is 0 Å². The second-order valence-corrected chi connectivity index (χ2v) is 8.21. The lowest BCUT2D eigenvalue weighted by molar-refractivity contribution is 0.0303. The fourth-order valence-electron chi connectivity index (χ4n) is 4.29. The van der Waals surface area contributed by atoms with Crippen molar-refractivity contribution in [2.45, 2.75) is 32.2 Å². The number of nitrogens with one attached hydrogen (secondary N) is 1. The predicted molar refractivity (Wildman–Crippen MR) is 122 cm³/mol. The number of rotatable bonds is 5. The molecular weight excluding hydrogens is 390 g/mol. The molecule has 0 spiro atoms. The molecule has 0 radical (unpaired) electrons. The maximum atomic E-state index is 13.1. The standard InChI is InChI=1S/C25H31N3O3/c1-2-19-7-9-20(10-8-19)24(29)26-21-11-13-27(14-12-21)23-6-4-3-5-22(23)25(30)28-15-17-31-18-16-28/h3-10,21H,2,11-18H2,1H3,(H,26,29). The van der Waals surface area contributed by atoms with Crippen LogP contribution in [0.1, 0.15) is 46.0 Å². The zero-order valence-electron chi connectivity index (χ0n) is 18.2. The van der Waals surface area contributed by atoms with Crippen LogP contribution in [0.5, 0.6) is 0 Å². The minimum atomic E-state index is -0.0102. The number of amides is 2. The van der Waals surface area contributed by atoms with Crippen LogP contribution in [-0.2, 0) is 11.2 Å². The van der Waals surface area contributed by atoms with Gasteiger partial charge in [0.2, 0.25) is 0 Å². The number of nitrogens with zero attached hydrogens (tertiary/aromatic N) is 2. The third-order valence-corrected chi connectivity index (χ3v) is 6.23.